The third kappa shape index (κ3) is 4.87. The molecular formula is C17H19ClN2O. The molecule has 0 saturated heterocycles. The summed E-state index contributed by atoms with van der Waals surface area (Å²) in [5.41, 5.74) is 2.74. The molecule has 0 unspecified atom stereocenters. The van der Waals surface area contributed by atoms with Crippen molar-refractivity contribution >= 4 is 17.5 Å². The summed E-state index contributed by atoms with van der Waals surface area (Å²) in [5.74, 6) is 0.0424. The van der Waals surface area contributed by atoms with Gasteiger partial charge in [-0.1, -0.05) is 43.1 Å². The van der Waals surface area contributed by atoms with Crippen LogP contribution in [0, 0.1) is 0 Å². The van der Waals surface area contributed by atoms with Crippen LogP contribution >= 0.6 is 11.6 Å². The molecule has 21 heavy (non-hydrogen) atoms. The molecule has 0 fully saturated rings. The van der Waals surface area contributed by atoms with E-state index >= 15 is 0 Å². The van der Waals surface area contributed by atoms with E-state index < -0.39 is 0 Å². The van der Waals surface area contributed by atoms with Crippen LogP contribution in [-0.4, -0.2) is 17.4 Å². The third-order valence-corrected chi connectivity index (χ3v) is 3.40. The zero-order valence-electron chi connectivity index (χ0n) is 12.1. The summed E-state index contributed by atoms with van der Waals surface area (Å²) in [6.45, 7) is 2.84. The third-order valence-electron chi connectivity index (χ3n) is 3.16. The van der Waals surface area contributed by atoms with Gasteiger partial charge in [-0.25, -0.2) is 0 Å². The van der Waals surface area contributed by atoms with Gasteiger partial charge in [-0.3, -0.25) is 9.78 Å². The van der Waals surface area contributed by atoms with Gasteiger partial charge in [-0.05, 0) is 30.2 Å². The van der Waals surface area contributed by atoms with E-state index in [9.17, 15) is 4.79 Å². The molecule has 110 valence electrons. The summed E-state index contributed by atoms with van der Waals surface area (Å²) in [4.78, 5) is 16.1. The smallest absolute Gasteiger partial charge is 0.224 e. The molecule has 0 atom stereocenters. The van der Waals surface area contributed by atoms with Crippen LogP contribution in [0.3, 0.4) is 0 Å². The summed E-state index contributed by atoms with van der Waals surface area (Å²) in [6, 6.07) is 11.4. The second kappa shape index (κ2) is 7.79. The van der Waals surface area contributed by atoms with E-state index in [1.54, 1.807) is 6.20 Å². The van der Waals surface area contributed by atoms with Crippen LogP contribution < -0.4 is 5.32 Å². The zero-order valence-corrected chi connectivity index (χ0v) is 12.9. The van der Waals surface area contributed by atoms with E-state index in [4.69, 9.17) is 11.6 Å². The molecule has 1 amide bonds. The summed E-state index contributed by atoms with van der Waals surface area (Å²) in [7, 11) is 0. The lowest BCUT2D eigenvalue weighted by Gasteiger charge is -2.05. The van der Waals surface area contributed by atoms with Gasteiger partial charge in [0.05, 0.1) is 12.1 Å². The van der Waals surface area contributed by atoms with Crippen LogP contribution in [-0.2, 0) is 11.2 Å². The average molecular weight is 303 g/mol. The highest BCUT2D eigenvalue weighted by Gasteiger charge is 2.04. The molecule has 0 aliphatic carbocycles. The topological polar surface area (TPSA) is 42.0 Å². The molecule has 1 aromatic heterocycles. The number of amides is 1. The maximum Gasteiger partial charge on any atom is 0.224 e. The van der Waals surface area contributed by atoms with E-state index in [1.165, 1.54) is 0 Å². The number of benzene rings is 1. The number of hydrogen-bond donors (Lipinski definition) is 1. The van der Waals surface area contributed by atoms with E-state index in [1.807, 2.05) is 36.4 Å². The van der Waals surface area contributed by atoms with Crippen molar-refractivity contribution in [1.82, 2.24) is 10.3 Å². The van der Waals surface area contributed by atoms with Crippen LogP contribution in [0.5, 0.6) is 0 Å². The zero-order chi connectivity index (χ0) is 15.1. The largest absolute Gasteiger partial charge is 0.356 e. The molecule has 2 rings (SSSR count). The molecule has 0 spiro atoms. The second-order valence-corrected chi connectivity index (χ2v) is 5.38. The predicted octanol–water partition coefficient (Wildman–Crippen LogP) is 3.86. The fourth-order valence-corrected chi connectivity index (χ4v) is 2.19. The fourth-order valence-electron chi connectivity index (χ4n) is 2.00. The maximum absolute atomic E-state index is 11.7. The van der Waals surface area contributed by atoms with Crippen molar-refractivity contribution in [3.05, 3.63) is 53.2 Å². The molecule has 2 aromatic rings. The molecule has 0 aliphatic heterocycles. The second-order valence-electron chi connectivity index (χ2n) is 4.94. The number of aromatic nitrogens is 1. The van der Waals surface area contributed by atoms with Gasteiger partial charge in [-0.2, -0.15) is 0 Å². The van der Waals surface area contributed by atoms with Gasteiger partial charge < -0.3 is 5.32 Å². The number of hydrogen-bond acceptors (Lipinski definition) is 2. The van der Waals surface area contributed by atoms with E-state index in [-0.39, 0.29) is 5.91 Å². The Morgan fingerprint density at radius 2 is 2.14 bits per heavy atom. The number of rotatable bonds is 6. The monoisotopic (exact) mass is 302 g/mol. The van der Waals surface area contributed by atoms with Gasteiger partial charge in [0.2, 0.25) is 5.91 Å². The first kappa shape index (κ1) is 15.5. The molecule has 3 nitrogen and oxygen atoms in total. The SMILES string of the molecule is CCCCNC(=O)Cc1ccc(-c2cccc(Cl)c2)nc1. The molecule has 0 radical (unpaired) electrons. The summed E-state index contributed by atoms with van der Waals surface area (Å²) in [5, 5.41) is 3.59. The van der Waals surface area contributed by atoms with Crippen molar-refractivity contribution in [3.63, 3.8) is 0 Å². The van der Waals surface area contributed by atoms with Gasteiger partial charge in [0.1, 0.15) is 0 Å². The summed E-state index contributed by atoms with van der Waals surface area (Å²) < 4.78 is 0. The lowest BCUT2D eigenvalue weighted by molar-refractivity contribution is -0.120. The standard InChI is InChI=1S/C17H19ClN2O/c1-2-3-9-19-17(21)10-13-7-8-16(20-12-13)14-5-4-6-15(18)11-14/h4-8,11-12H,2-3,9-10H2,1H3,(H,19,21). The van der Waals surface area contributed by atoms with Crippen molar-refractivity contribution < 1.29 is 4.79 Å². The minimum Gasteiger partial charge on any atom is -0.356 e. The van der Waals surface area contributed by atoms with Crippen LogP contribution in [0.1, 0.15) is 25.3 Å². The number of pyridine rings is 1. The molecule has 4 heteroatoms. The van der Waals surface area contributed by atoms with Gasteiger partial charge in [0, 0.05) is 23.3 Å². The average Bonchev–Trinajstić information content (AvgIpc) is 2.48. The van der Waals surface area contributed by atoms with Gasteiger partial charge in [0.15, 0.2) is 0 Å². The Bertz CT molecular complexity index is 596. The van der Waals surface area contributed by atoms with Gasteiger partial charge in [-0.15, -0.1) is 0 Å². The number of unbranched alkanes of at least 4 members (excludes halogenated alkanes) is 1. The van der Waals surface area contributed by atoms with E-state index in [0.29, 0.717) is 11.4 Å². The molecular weight excluding hydrogens is 284 g/mol. The quantitative estimate of drug-likeness (QED) is 0.823. The highest BCUT2D eigenvalue weighted by atomic mass is 35.5. The van der Waals surface area contributed by atoms with Crippen LogP contribution in [0.4, 0.5) is 0 Å². The summed E-state index contributed by atoms with van der Waals surface area (Å²) >= 11 is 5.97. The molecule has 1 heterocycles. The number of carbonyl (C=O) groups is 1. The maximum atomic E-state index is 11.7. The normalized spacial score (nSPS) is 10.4. The Morgan fingerprint density at radius 3 is 2.81 bits per heavy atom. The first-order valence-electron chi connectivity index (χ1n) is 7.16. The highest BCUT2D eigenvalue weighted by Crippen LogP contribution is 2.20. The summed E-state index contributed by atoms with van der Waals surface area (Å²) in [6.07, 6.45) is 4.20. The lowest BCUT2D eigenvalue weighted by atomic mass is 10.1. The Labute approximate surface area is 130 Å². The molecule has 0 bridgehead atoms. The minimum atomic E-state index is 0.0424. The van der Waals surface area contributed by atoms with E-state index in [0.717, 1.165) is 36.2 Å². The van der Waals surface area contributed by atoms with Crippen LogP contribution in [0.2, 0.25) is 5.02 Å². The van der Waals surface area contributed by atoms with Crippen molar-refractivity contribution in [1.29, 1.82) is 0 Å². The lowest BCUT2D eigenvalue weighted by Crippen LogP contribution is -2.25. The van der Waals surface area contributed by atoms with Crippen molar-refractivity contribution in [2.45, 2.75) is 26.2 Å². The van der Waals surface area contributed by atoms with E-state index in [2.05, 4.69) is 17.2 Å². The molecule has 1 N–H and O–H groups in total. The fraction of sp³-hybridized carbons (Fsp3) is 0.294. The first-order chi connectivity index (χ1) is 10.2. The Kier molecular flexibility index (Phi) is 5.76. The van der Waals surface area contributed by atoms with Gasteiger partial charge >= 0.3 is 0 Å². The number of nitrogens with zero attached hydrogens (tertiary/aromatic N) is 1. The van der Waals surface area contributed by atoms with Crippen molar-refractivity contribution in [3.8, 4) is 11.3 Å². The Hall–Kier alpha value is -1.87. The highest BCUT2D eigenvalue weighted by molar-refractivity contribution is 6.30. The Balaban J connectivity index is 1.97. The molecule has 0 saturated carbocycles. The van der Waals surface area contributed by atoms with Crippen molar-refractivity contribution in [2.75, 3.05) is 6.54 Å². The minimum absolute atomic E-state index is 0.0424. The Morgan fingerprint density at radius 1 is 1.29 bits per heavy atom. The van der Waals surface area contributed by atoms with Crippen molar-refractivity contribution in [2.24, 2.45) is 0 Å². The number of carbonyl (C=O) groups excluding carboxylic acids is 1. The predicted molar refractivity (Wildman–Crippen MR) is 86.3 cm³/mol. The van der Waals surface area contributed by atoms with Gasteiger partial charge in [0.25, 0.3) is 0 Å². The van der Waals surface area contributed by atoms with Crippen LogP contribution in [0.15, 0.2) is 42.6 Å². The first-order valence-corrected chi connectivity index (χ1v) is 7.54. The molecule has 1 aromatic carbocycles. The number of halogens is 1. The van der Waals surface area contributed by atoms with Crippen LogP contribution in [0.25, 0.3) is 11.3 Å². The molecule has 0 aliphatic rings. The number of nitrogens with one attached hydrogen (secondary N) is 1.